The molecule has 2 rings (SSSR count). The van der Waals surface area contributed by atoms with Gasteiger partial charge < -0.3 is 9.63 Å². The first-order valence-electron chi connectivity index (χ1n) is 7.01. The van der Waals surface area contributed by atoms with Crippen LogP contribution < -0.4 is 0 Å². The largest absolute Gasteiger partial charge is 0.390 e. The van der Waals surface area contributed by atoms with Gasteiger partial charge in [0.2, 0.25) is 9.04 Å². The van der Waals surface area contributed by atoms with Crippen molar-refractivity contribution in [2.75, 3.05) is 0 Å². The minimum atomic E-state index is -1.48. The average Bonchev–Trinajstić information content (AvgIpc) is 2.27. The molecule has 6 heteroatoms. The van der Waals surface area contributed by atoms with Gasteiger partial charge in [0, 0.05) is 6.42 Å². The summed E-state index contributed by atoms with van der Waals surface area (Å²) in [5.74, 6) is -0.587. The third kappa shape index (κ3) is 2.15. The lowest BCUT2D eigenvalue weighted by Crippen LogP contribution is -2.78. The van der Waals surface area contributed by atoms with Gasteiger partial charge in [-0.15, -0.1) is 0 Å². The normalized spacial score (nSPS) is 34.0. The van der Waals surface area contributed by atoms with Crippen molar-refractivity contribution in [3.05, 3.63) is 12.2 Å². The highest BCUT2D eigenvalue weighted by Crippen LogP contribution is 2.52. The predicted octanol–water partition coefficient (Wildman–Crippen LogP) is 1.03. The number of hydrogen-bond donors (Lipinski definition) is 1. The summed E-state index contributed by atoms with van der Waals surface area (Å²) in [6.07, 6.45) is 2.26. The van der Waals surface area contributed by atoms with Gasteiger partial charge in [-0.25, -0.2) is 5.06 Å². The molecular weight excluding hydrogens is 274 g/mol. The molecule has 20 heavy (non-hydrogen) atoms. The fraction of sp³-hybridized carbons (Fsp3) is 0.714. The van der Waals surface area contributed by atoms with Crippen LogP contribution in [0, 0.1) is 11.3 Å². The Morgan fingerprint density at radius 1 is 1.40 bits per heavy atom. The number of β-lactam (4-membered cyclic amide) rings is 1. The maximum absolute atomic E-state index is 12.4. The van der Waals surface area contributed by atoms with Crippen molar-refractivity contribution in [3.63, 3.8) is 0 Å². The summed E-state index contributed by atoms with van der Waals surface area (Å²) in [5, 5.41) is 11.8. The Morgan fingerprint density at radius 3 is 2.45 bits per heavy atom. The summed E-state index contributed by atoms with van der Waals surface area (Å²) in [5.41, 5.74) is -1.19. The summed E-state index contributed by atoms with van der Waals surface area (Å²) in [7, 11) is -1.48. The van der Waals surface area contributed by atoms with Gasteiger partial charge in [0.25, 0.3) is 5.91 Å². The van der Waals surface area contributed by atoms with E-state index in [1.54, 1.807) is 6.08 Å². The Morgan fingerprint density at radius 2 is 2.00 bits per heavy atom. The van der Waals surface area contributed by atoms with Crippen molar-refractivity contribution in [1.82, 2.24) is 5.06 Å². The number of ketones is 1. The molecule has 1 aliphatic heterocycles. The van der Waals surface area contributed by atoms with Gasteiger partial charge in [0.1, 0.15) is 5.54 Å². The summed E-state index contributed by atoms with van der Waals surface area (Å²) in [6, 6.07) is 0. The first kappa shape index (κ1) is 15.4. The van der Waals surface area contributed by atoms with E-state index in [1.165, 1.54) is 11.1 Å². The second-order valence-corrected chi connectivity index (χ2v) is 9.30. The van der Waals surface area contributed by atoms with Gasteiger partial charge in [0.15, 0.2) is 5.78 Å². The highest BCUT2D eigenvalue weighted by Gasteiger charge is 2.68. The number of aliphatic hydroxyl groups is 1. The SMILES string of the molecule is C[SiH](C)ON1C(=O)C(C(C)(C)C)C12C=CC(=O)CC2O. The van der Waals surface area contributed by atoms with E-state index in [-0.39, 0.29) is 29.4 Å². The van der Waals surface area contributed by atoms with E-state index in [1.807, 2.05) is 33.9 Å². The molecule has 0 saturated carbocycles. The van der Waals surface area contributed by atoms with Gasteiger partial charge in [0.05, 0.1) is 12.0 Å². The Kier molecular flexibility index (Phi) is 3.69. The molecule has 1 heterocycles. The third-order valence-electron chi connectivity index (χ3n) is 3.91. The predicted molar refractivity (Wildman–Crippen MR) is 77.3 cm³/mol. The van der Waals surface area contributed by atoms with E-state index in [2.05, 4.69) is 0 Å². The molecule has 1 amide bonds. The van der Waals surface area contributed by atoms with Gasteiger partial charge in [-0.2, -0.15) is 0 Å². The smallest absolute Gasteiger partial charge is 0.252 e. The quantitative estimate of drug-likeness (QED) is 0.611. The van der Waals surface area contributed by atoms with E-state index >= 15 is 0 Å². The number of hydroxylamine groups is 2. The second kappa shape index (κ2) is 4.79. The molecule has 1 spiro atoms. The van der Waals surface area contributed by atoms with E-state index in [0.29, 0.717) is 0 Å². The molecule has 0 aromatic heterocycles. The number of amides is 1. The summed E-state index contributed by atoms with van der Waals surface area (Å²) in [6.45, 7) is 9.85. The summed E-state index contributed by atoms with van der Waals surface area (Å²) < 4.78 is 5.72. The van der Waals surface area contributed by atoms with Crippen molar-refractivity contribution in [3.8, 4) is 0 Å². The molecule has 1 N–H and O–H groups in total. The Balaban J connectivity index is 2.44. The van der Waals surface area contributed by atoms with Crippen LogP contribution in [0.15, 0.2) is 12.2 Å². The average molecular weight is 297 g/mol. The summed E-state index contributed by atoms with van der Waals surface area (Å²) >= 11 is 0. The molecule has 1 fully saturated rings. The van der Waals surface area contributed by atoms with Crippen LogP contribution in [0.4, 0.5) is 0 Å². The van der Waals surface area contributed by atoms with Crippen molar-refractivity contribution in [2.24, 2.45) is 11.3 Å². The van der Waals surface area contributed by atoms with E-state index in [9.17, 15) is 14.7 Å². The Labute approximate surface area is 121 Å². The van der Waals surface area contributed by atoms with Gasteiger partial charge >= 0.3 is 0 Å². The van der Waals surface area contributed by atoms with E-state index in [0.717, 1.165) is 0 Å². The van der Waals surface area contributed by atoms with Crippen LogP contribution in [0.5, 0.6) is 0 Å². The van der Waals surface area contributed by atoms with Crippen LogP contribution in [0.3, 0.4) is 0 Å². The highest BCUT2D eigenvalue weighted by molar-refractivity contribution is 6.48. The van der Waals surface area contributed by atoms with Crippen LogP contribution in [-0.2, 0) is 14.1 Å². The molecule has 5 nitrogen and oxygen atoms in total. The number of aliphatic hydroxyl groups excluding tert-OH is 1. The van der Waals surface area contributed by atoms with E-state index in [4.69, 9.17) is 4.53 Å². The zero-order valence-corrected chi connectivity index (χ0v) is 13.9. The lowest BCUT2D eigenvalue weighted by molar-refractivity contribution is -0.259. The van der Waals surface area contributed by atoms with Crippen molar-refractivity contribution >= 4 is 20.7 Å². The topological polar surface area (TPSA) is 66.8 Å². The van der Waals surface area contributed by atoms with Crippen LogP contribution in [-0.4, -0.2) is 42.5 Å². The molecule has 1 aliphatic carbocycles. The maximum Gasteiger partial charge on any atom is 0.252 e. The first-order valence-corrected chi connectivity index (χ1v) is 9.79. The molecule has 0 radical (unpaired) electrons. The zero-order chi connectivity index (χ0) is 15.3. The Hall–Kier alpha value is -0.983. The third-order valence-corrected chi connectivity index (χ3v) is 4.54. The Bertz CT molecular complexity index is 468. The fourth-order valence-electron chi connectivity index (χ4n) is 3.23. The summed E-state index contributed by atoms with van der Waals surface area (Å²) in [4.78, 5) is 23.9. The minimum Gasteiger partial charge on any atom is -0.390 e. The zero-order valence-electron chi connectivity index (χ0n) is 12.7. The molecule has 3 atom stereocenters. The number of nitrogens with zero attached hydrogens (tertiary/aromatic N) is 1. The first-order chi connectivity index (χ1) is 9.10. The van der Waals surface area contributed by atoms with Gasteiger partial charge in [-0.1, -0.05) is 20.8 Å². The molecular formula is C14H23NO4Si. The van der Waals surface area contributed by atoms with Crippen LogP contribution in [0.25, 0.3) is 0 Å². The fourth-order valence-corrected chi connectivity index (χ4v) is 3.93. The van der Waals surface area contributed by atoms with Crippen molar-refractivity contribution < 1.29 is 19.2 Å². The van der Waals surface area contributed by atoms with Crippen LogP contribution in [0.1, 0.15) is 27.2 Å². The number of rotatable bonds is 2. The lowest BCUT2D eigenvalue weighted by atomic mass is 9.58. The van der Waals surface area contributed by atoms with Crippen molar-refractivity contribution in [1.29, 1.82) is 0 Å². The molecule has 1 saturated heterocycles. The van der Waals surface area contributed by atoms with Crippen molar-refractivity contribution in [2.45, 2.75) is 51.9 Å². The second-order valence-electron chi connectivity index (χ2n) is 6.99. The monoisotopic (exact) mass is 297 g/mol. The van der Waals surface area contributed by atoms with E-state index < -0.39 is 20.7 Å². The molecule has 112 valence electrons. The molecule has 0 aromatic rings. The maximum atomic E-state index is 12.4. The highest BCUT2D eigenvalue weighted by atomic mass is 28.3. The standard InChI is InChI=1S/C14H23NO4Si/c1-13(2,3)11-12(18)15(19-20(4)5)14(11)7-6-9(16)8-10(14)17/h6-7,10-11,17,20H,8H2,1-5H3. The van der Waals surface area contributed by atoms with Crippen LogP contribution >= 0.6 is 0 Å². The molecule has 0 aromatic carbocycles. The number of carbonyl (C=O) groups excluding carboxylic acids is 2. The number of hydrogen-bond acceptors (Lipinski definition) is 4. The number of allylic oxidation sites excluding steroid dienone is 1. The van der Waals surface area contributed by atoms with Crippen LogP contribution in [0.2, 0.25) is 13.1 Å². The molecule has 0 bridgehead atoms. The van der Waals surface area contributed by atoms with Gasteiger partial charge in [-0.3, -0.25) is 9.59 Å². The molecule has 3 unspecified atom stereocenters. The lowest BCUT2D eigenvalue weighted by Gasteiger charge is -2.61. The number of carbonyl (C=O) groups is 2. The van der Waals surface area contributed by atoms with Gasteiger partial charge in [-0.05, 0) is 30.7 Å². The minimum absolute atomic E-state index is 0.0376. The molecule has 2 aliphatic rings.